The van der Waals surface area contributed by atoms with Gasteiger partial charge in [0.15, 0.2) is 18.5 Å². The van der Waals surface area contributed by atoms with Gasteiger partial charge < -0.3 is 23.7 Å². The minimum Gasteiger partial charge on any atom is -0.494 e. The molecule has 0 radical (unpaired) electrons. The van der Waals surface area contributed by atoms with Crippen LogP contribution in [0.25, 0.3) is 11.1 Å². The van der Waals surface area contributed by atoms with E-state index in [-0.39, 0.29) is 13.2 Å². The van der Waals surface area contributed by atoms with Gasteiger partial charge in [-0.15, -0.1) is 0 Å². The third-order valence-corrected chi connectivity index (χ3v) is 8.95. The molecule has 7 heteroatoms. The summed E-state index contributed by atoms with van der Waals surface area (Å²) in [5, 5.41) is 0. The van der Waals surface area contributed by atoms with Gasteiger partial charge in [-0.25, -0.2) is 9.59 Å². The van der Waals surface area contributed by atoms with E-state index < -0.39 is 30.4 Å². The lowest BCUT2D eigenvalue weighted by Gasteiger charge is -2.37. The Bertz CT molecular complexity index is 1100. The number of carbonyl (C=O) groups excluding carboxylic acids is 2. The molecule has 4 rings (SSSR count). The predicted molar refractivity (Wildman–Crippen MR) is 171 cm³/mol. The van der Waals surface area contributed by atoms with Gasteiger partial charge in [0, 0.05) is 5.56 Å². The van der Waals surface area contributed by atoms with Crippen LogP contribution in [0.5, 0.6) is 5.75 Å². The smallest absolute Gasteiger partial charge is 0.338 e. The lowest BCUT2D eigenvalue weighted by Crippen LogP contribution is -2.39. The Kier molecular flexibility index (Phi) is 13.6. The van der Waals surface area contributed by atoms with Gasteiger partial charge in [-0.05, 0) is 73.6 Å². The van der Waals surface area contributed by atoms with Gasteiger partial charge in [-0.2, -0.15) is 0 Å². The van der Waals surface area contributed by atoms with Crippen LogP contribution in [0.15, 0.2) is 48.5 Å². The molecule has 2 aromatic carbocycles. The molecule has 2 unspecified atom stereocenters. The maximum Gasteiger partial charge on any atom is 0.338 e. The summed E-state index contributed by atoms with van der Waals surface area (Å²) in [6, 6.07) is 15.9. The predicted octanol–water partition coefficient (Wildman–Crippen LogP) is 8.73. The SMILES string of the molecule is CCCCOC(=O)C1OC(c2ccc(-c3ccc(OCCCC4(CCC)CCCCC4)cc3)cc2)OC1C(=O)OCCCC. The van der Waals surface area contributed by atoms with Crippen molar-refractivity contribution in [2.45, 2.75) is 123 Å². The Balaban J connectivity index is 1.32. The zero-order valence-corrected chi connectivity index (χ0v) is 27.0. The molecule has 1 aliphatic carbocycles. The molecule has 2 aliphatic rings. The van der Waals surface area contributed by atoms with Gasteiger partial charge in [0.1, 0.15) is 5.75 Å². The van der Waals surface area contributed by atoms with Gasteiger partial charge >= 0.3 is 11.9 Å². The molecular formula is C37H52O7. The third kappa shape index (κ3) is 9.55. The summed E-state index contributed by atoms with van der Waals surface area (Å²) in [6.45, 7) is 7.64. The first kappa shape index (κ1) is 34.0. The van der Waals surface area contributed by atoms with Gasteiger partial charge in [0.25, 0.3) is 0 Å². The second kappa shape index (κ2) is 17.6. The number of benzene rings is 2. The first-order valence-corrected chi connectivity index (χ1v) is 17.0. The average Bonchev–Trinajstić information content (AvgIpc) is 3.50. The third-order valence-electron chi connectivity index (χ3n) is 8.95. The van der Waals surface area contributed by atoms with Crippen LogP contribution in [0.2, 0.25) is 0 Å². The second-order valence-corrected chi connectivity index (χ2v) is 12.4. The van der Waals surface area contributed by atoms with Gasteiger partial charge in [0.2, 0.25) is 0 Å². The van der Waals surface area contributed by atoms with Gasteiger partial charge in [-0.3, -0.25) is 0 Å². The van der Waals surface area contributed by atoms with E-state index in [9.17, 15) is 9.59 Å². The molecule has 2 aromatic rings. The maximum atomic E-state index is 12.8. The van der Waals surface area contributed by atoms with Crippen molar-refractivity contribution in [3.05, 3.63) is 54.1 Å². The van der Waals surface area contributed by atoms with Crippen molar-refractivity contribution in [3.8, 4) is 16.9 Å². The van der Waals surface area contributed by atoms with E-state index in [2.05, 4.69) is 19.1 Å². The highest BCUT2D eigenvalue weighted by Gasteiger charge is 2.47. The summed E-state index contributed by atoms with van der Waals surface area (Å²) in [7, 11) is 0. The van der Waals surface area contributed by atoms with Crippen LogP contribution in [0, 0.1) is 5.41 Å². The zero-order chi connectivity index (χ0) is 31.2. The summed E-state index contributed by atoms with van der Waals surface area (Å²) in [6.07, 6.45) is 11.9. The number of hydrogen-bond donors (Lipinski definition) is 0. The molecule has 0 amide bonds. The lowest BCUT2D eigenvalue weighted by atomic mass is 9.68. The largest absolute Gasteiger partial charge is 0.494 e. The van der Waals surface area contributed by atoms with E-state index in [0.717, 1.165) is 55.6 Å². The van der Waals surface area contributed by atoms with Crippen molar-refractivity contribution in [2.75, 3.05) is 19.8 Å². The minimum absolute atomic E-state index is 0.273. The molecule has 44 heavy (non-hydrogen) atoms. The van der Waals surface area contributed by atoms with Crippen molar-refractivity contribution in [1.82, 2.24) is 0 Å². The van der Waals surface area contributed by atoms with Crippen LogP contribution >= 0.6 is 0 Å². The Morgan fingerprint density at radius 1 is 0.682 bits per heavy atom. The standard InChI is InChI=1S/C37H52O7/c1-4-7-25-41-34(38)32-33(35(39)42-26-8-5-2)44-36(43-32)30-15-13-28(14-16-30)29-17-19-31(20-18-29)40-27-12-24-37(21-6-3)22-10-9-11-23-37/h13-20,32-33,36H,4-12,21-27H2,1-3H3. The minimum atomic E-state index is -1.17. The van der Waals surface area contributed by atoms with Crippen LogP contribution in [0.1, 0.15) is 116 Å². The molecule has 0 N–H and O–H groups in total. The Morgan fingerprint density at radius 2 is 1.23 bits per heavy atom. The quantitative estimate of drug-likeness (QED) is 0.131. The maximum absolute atomic E-state index is 12.8. The van der Waals surface area contributed by atoms with E-state index in [0.29, 0.717) is 11.0 Å². The van der Waals surface area contributed by atoms with Crippen molar-refractivity contribution < 1.29 is 33.3 Å². The van der Waals surface area contributed by atoms with Crippen molar-refractivity contribution in [2.24, 2.45) is 5.41 Å². The van der Waals surface area contributed by atoms with E-state index in [1.54, 1.807) is 0 Å². The molecular weight excluding hydrogens is 556 g/mol. The van der Waals surface area contributed by atoms with Gasteiger partial charge in [-0.1, -0.05) is 95.7 Å². The molecule has 1 saturated heterocycles. The fourth-order valence-electron chi connectivity index (χ4n) is 6.43. The normalized spacial score (nSPS) is 21.1. The summed E-state index contributed by atoms with van der Waals surface area (Å²) >= 11 is 0. The second-order valence-electron chi connectivity index (χ2n) is 12.4. The number of ether oxygens (including phenoxy) is 5. The average molecular weight is 609 g/mol. The monoisotopic (exact) mass is 608 g/mol. The molecule has 7 nitrogen and oxygen atoms in total. The lowest BCUT2D eigenvalue weighted by molar-refractivity contribution is -0.163. The van der Waals surface area contributed by atoms with Crippen LogP contribution in [0.3, 0.4) is 0 Å². The number of hydrogen-bond acceptors (Lipinski definition) is 7. The molecule has 1 aliphatic heterocycles. The summed E-state index contributed by atoms with van der Waals surface area (Å²) < 4.78 is 28.7. The fourth-order valence-corrected chi connectivity index (χ4v) is 6.43. The molecule has 2 fully saturated rings. The molecule has 1 saturated carbocycles. The fraction of sp³-hybridized carbons (Fsp3) is 0.622. The molecule has 0 bridgehead atoms. The summed E-state index contributed by atoms with van der Waals surface area (Å²) in [5.41, 5.74) is 3.35. The van der Waals surface area contributed by atoms with Crippen molar-refractivity contribution >= 4 is 11.9 Å². The van der Waals surface area contributed by atoms with Crippen molar-refractivity contribution in [1.29, 1.82) is 0 Å². The number of carbonyl (C=O) groups is 2. The molecule has 1 heterocycles. The highest BCUT2D eigenvalue weighted by Crippen LogP contribution is 2.44. The summed E-state index contributed by atoms with van der Waals surface area (Å²) in [5.74, 6) is -0.321. The molecule has 0 aromatic heterocycles. The highest BCUT2D eigenvalue weighted by molar-refractivity contribution is 5.86. The zero-order valence-electron chi connectivity index (χ0n) is 27.0. The first-order valence-electron chi connectivity index (χ1n) is 17.0. The number of esters is 2. The topological polar surface area (TPSA) is 80.3 Å². The Labute approximate surface area is 263 Å². The number of unbranched alkanes of at least 4 members (excludes halogenated alkanes) is 2. The Hall–Kier alpha value is -2.90. The van der Waals surface area contributed by atoms with Crippen LogP contribution < -0.4 is 4.74 Å². The van der Waals surface area contributed by atoms with Crippen LogP contribution in [0.4, 0.5) is 0 Å². The first-order chi connectivity index (χ1) is 21.5. The van der Waals surface area contributed by atoms with E-state index >= 15 is 0 Å². The van der Waals surface area contributed by atoms with Crippen LogP contribution in [-0.2, 0) is 28.5 Å². The molecule has 0 spiro atoms. The van der Waals surface area contributed by atoms with E-state index in [1.807, 2.05) is 50.2 Å². The van der Waals surface area contributed by atoms with E-state index in [4.69, 9.17) is 23.7 Å². The molecule has 242 valence electrons. The summed E-state index contributed by atoms with van der Waals surface area (Å²) in [4.78, 5) is 25.5. The van der Waals surface area contributed by atoms with Crippen molar-refractivity contribution in [3.63, 3.8) is 0 Å². The number of rotatable bonds is 17. The van der Waals surface area contributed by atoms with E-state index in [1.165, 1.54) is 51.4 Å². The van der Waals surface area contributed by atoms with Gasteiger partial charge in [0.05, 0.1) is 19.8 Å². The highest BCUT2D eigenvalue weighted by atomic mass is 16.8. The molecule has 2 atom stereocenters. The van der Waals surface area contributed by atoms with Crippen LogP contribution in [-0.4, -0.2) is 44.0 Å². The Morgan fingerprint density at radius 3 is 1.75 bits per heavy atom.